The van der Waals surface area contributed by atoms with E-state index in [-0.39, 0.29) is 0 Å². The van der Waals surface area contributed by atoms with E-state index in [4.69, 9.17) is 0 Å². The van der Waals surface area contributed by atoms with Crippen molar-refractivity contribution in [2.45, 2.75) is 32.7 Å². The first-order chi connectivity index (χ1) is 6.58. The highest BCUT2D eigenvalue weighted by Gasteiger charge is 2.38. The van der Waals surface area contributed by atoms with Gasteiger partial charge in [0.25, 0.3) is 0 Å². The lowest BCUT2D eigenvalue weighted by Crippen LogP contribution is -2.45. The van der Waals surface area contributed by atoms with Gasteiger partial charge in [-0.15, -0.1) is 0 Å². The summed E-state index contributed by atoms with van der Waals surface area (Å²) in [5.74, 6) is 0. The summed E-state index contributed by atoms with van der Waals surface area (Å²) in [5, 5.41) is 3.52. The molecule has 0 amide bonds. The minimum atomic E-state index is 0.433. The Balaban J connectivity index is 2.05. The zero-order valence-electron chi connectivity index (χ0n) is 8.55. The number of anilines is 1. The second-order valence-corrected chi connectivity index (χ2v) is 5.53. The standard InChI is InChI=1S/C11H15BrN2/c1-11(2)4-3-10(11)14-9-5-8(12)6-13-7-9/h5-7,10,14H,3-4H2,1-2H3. The molecule has 1 aromatic rings. The molecule has 1 atom stereocenters. The van der Waals surface area contributed by atoms with Crippen molar-refractivity contribution < 1.29 is 0 Å². The number of pyridine rings is 1. The molecule has 1 aliphatic carbocycles. The molecule has 1 N–H and O–H groups in total. The van der Waals surface area contributed by atoms with Gasteiger partial charge in [-0.1, -0.05) is 13.8 Å². The van der Waals surface area contributed by atoms with Crippen molar-refractivity contribution >= 4 is 21.6 Å². The molecule has 0 saturated heterocycles. The average Bonchev–Trinajstić information content (AvgIpc) is 2.13. The Labute approximate surface area is 93.3 Å². The molecule has 0 spiro atoms. The molecule has 2 nitrogen and oxygen atoms in total. The molecule has 3 heteroatoms. The van der Waals surface area contributed by atoms with E-state index in [0.717, 1.165) is 10.2 Å². The third-order valence-corrected chi connectivity index (χ3v) is 3.50. The molecule has 1 aromatic heterocycles. The number of hydrogen-bond donors (Lipinski definition) is 1. The van der Waals surface area contributed by atoms with Crippen molar-refractivity contribution in [1.29, 1.82) is 0 Å². The highest BCUT2D eigenvalue weighted by atomic mass is 79.9. The topological polar surface area (TPSA) is 24.9 Å². The van der Waals surface area contributed by atoms with Crippen LogP contribution >= 0.6 is 15.9 Å². The monoisotopic (exact) mass is 254 g/mol. The summed E-state index contributed by atoms with van der Waals surface area (Å²) in [6.07, 6.45) is 6.25. The summed E-state index contributed by atoms with van der Waals surface area (Å²) >= 11 is 3.42. The van der Waals surface area contributed by atoms with Crippen LogP contribution in [0.15, 0.2) is 22.9 Å². The van der Waals surface area contributed by atoms with Crippen LogP contribution in [0.4, 0.5) is 5.69 Å². The van der Waals surface area contributed by atoms with Crippen LogP contribution in [0, 0.1) is 5.41 Å². The third kappa shape index (κ3) is 1.92. The lowest BCUT2D eigenvalue weighted by Gasteiger charge is -2.45. The number of aromatic nitrogens is 1. The second-order valence-electron chi connectivity index (χ2n) is 4.62. The van der Waals surface area contributed by atoms with Gasteiger partial charge in [0.05, 0.1) is 11.9 Å². The summed E-state index contributed by atoms with van der Waals surface area (Å²) < 4.78 is 1.03. The Morgan fingerprint density at radius 3 is 2.79 bits per heavy atom. The van der Waals surface area contributed by atoms with Gasteiger partial charge >= 0.3 is 0 Å². The molecule has 0 aromatic carbocycles. The van der Waals surface area contributed by atoms with Gasteiger partial charge < -0.3 is 5.32 Å². The largest absolute Gasteiger partial charge is 0.380 e. The molecule has 0 aliphatic heterocycles. The predicted octanol–water partition coefficient (Wildman–Crippen LogP) is 3.44. The van der Waals surface area contributed by atoms with Crippen molar-refractivity contribution in [2.75, 3.05) is 5.32 Å². The first kappa shape index (κ1) is 9.97. The SMILES string of the molecule is CC1(C)CCC1Nc1cncc(Br)c1. The summed E-state index contributed by atoms with van der Waals surface area (Å²) in [5.41, 5.74) is 1.54. The quantitative estimate of drug-likeness (QED) is 0.875. The fraction of sp³-hybridized carbons (Fsp3) is 0.545. The number of nitrogens with one attached hydrogen (secondary N) is 1. The van der Waals surface area contributed by atoms with Gasteiger partial charge in [0, 0.05) is 16.7 Å². The molecule has 2 rings (SSSR count). The van der Waals surface area contributed by atoms with Crippen molar-refractivity contribution in [3.63, 3.8) is 0 Å². The van der Waals surface area contributed by atoms with Gasteiger partial charge in [0.2, 0.25) is 0 Å². The molecule has 0 bridgehead atoms. The zero-order valence-corrected chi connectivity index (χ0v) is 10.1. The van der Waals surface area contributed by atoms with Crippen LogP contribution < -0.4 is 5.32 Å². The van der Waals surface area contributed by atoms with Gasteiger partial charge in [0.1, 0.15) is 0 Å². The van der Waals surface area contributed by atoms with Gasteiger partial charge in [-0.3, -0.25) is 4.98 Å². The predicted molar refractivity (Wildman–Crippen MR) is 62.4 cm³/mol. The van der Waals surface area contributed by atoms with E-state index in [0.29, 0.717) is 11.5 Å². The van der Waals surface area contributed by atoms with Gasteiger partial charge in [-0.25, -0.2) is 0 Å². The highest BCUT2D eigenvalue weighted by Crippen LogP contribution is 2.41. The van der Waals surface area contributed by atoms with Crippen molar-refractivity contribution in [3.8, 4) is 0 Å². The Hall–Kier alpha value is -0.570. The molecular weight excluding hydrogens is 240 g/mol. The van der Waals surface area contributed by atoms with Crippen LogP contribution in [0.5, 0.6) is 0 Å². The number of nitrogens with zero attached hydrogens (tertiary/aromatic N) is 1. The average molecular weight is 255 g/mol. The maximum Gasteiger partial charge on any atom is 0.0540 e. The molecule has 1 fully saturated rings. The van der Waals surface area contributed by atoms with Crippen LogP contribution in [0.1, 0.15) is 26.7 Å². The first-order valence-corrected chi connectivity index (χ1v) is 5.74. The molecule has 1 aliphatic rings. The van der Waals surface area contributed by atoms with E-state index in [1.807, 2.05) is 6.20 Å². The van der Waals surface area contributed by atoms with Crippen LogP contribution in [0.3, 0.4) is 0 Å². The van der Waals surface area contributed by atoms with Crippen LogP contribution in [0.25, 0.3) is 0 Å². The van der Waals surface area contributed by atoms with Crippen molar-refractivity contribution in [1.82, 2.24) is 4.98 Å². The summed E-state index contributed by atoms with van der Waals surface area (Å²) in [6.45, 7) is 4.61. The lowest BCUT2D eigenvalue weighted by atomic mass is 9.67. The Morgan fingerprint density at radius 1 is 1.50 bits per heavy atom. The van der Waals surface area contributed by atoms with E-state index < -0.39 is 0 Å². The molecule has 0 radical (unpaired) electrons. The van der Waals surface area contributed by atoms with E-state index in [1.165, 1.54) is 12.8 Å². The minimum absolute atomic E-state index is 0.433. The van der Waals surface area contributed by atoms with Crippen molar-refractivity contribution in [2.24, 2.45) is 5.41 Å². The number of halogens is 1. The lowest BCUT2D eigenvalue weighted by molar-refractivity contribution is 0.160. The van der Waals surface area contributed by atoms with Gasteiger partial charge in [0.15, 0.2) is 0 Å². The Bertz CT molecular complexity index is 336. The van der Waals surface area contributed by atoms with E-state index >= 15 is 0 Å². The Kier molecular flexibility index (Phi) is 2.52. The molecular formula is C11H15BrN2. The van der Waals surface area contributed by atoms with E-state index in [1.54, 1.807) is 6.20 Å². The van der Waals surface area contributed by atoms with Crippen molar-refractivity contribution in [3.05, 3.63) is 22.9 Å². The van der Waals surface area contributed by atoms with E-state index in [2.05, 4.69) is 46.1 Å². The smallest absolute Gasteiger partial charge is 0.0540 e. The normalized spacial score (nSPS) is 24.1. The third-order valence-electron chi connectivity index (χ3n) is 3.07. The van der Waals surface area contributed by atoms with Crippen LogP contribution in [-0.4, -0.2) is 11.0 Å². The zero-order chi connectivity index (χ0) is 10.2. The molecule has 1 unspecified atom stereocenters. The maximum atomic E-state index is 4.13. The highest BCUT2D eigenvalue weighted by molar-refractivity contribution is 9.10. The van der Waals surface area contributed by atoms with Crippen LogP contribution in [0.2, 0.25) is 0 Å². The number of hydrogen-bond acceptors (Lipinski definition) is 2. The van der Waals surface area contributed by atoms with Gasteiger partial charge in [-0.05, 0) is 40.3 Å². The fourth-order valence-electron chi connectivity index (χ4n) is 1.83. The molecule has 1 heterocycles. The fourth-order valence-corrected chi connectivity index (χ4v) is 2.19. The van der Waals surface area contributed by atoms with E-state index in [9.17, 15) is 0 Å². The number of rotatable bonds is 2. The summed E-state index contributed by atoms with van der Waals surface area (Å²) in [7, 11) is 0. The Morgan fingerprint density at radius 2 is 2.29 bits per heavy atom. The maximum absolute atomic E-state index is 4.13. The van der Waals surface area contributed by atoms with Crippen LogP contribution in [-0.2, 0) is 0 Å². The van der Waals surface area contributed by atoms with Gasteiger partial charge in [-0.2, -0.15) is 0 Å². The molecule has 14 heavy (non-hydrogen) atoms. The summed E-state index contributed by atoms with van der Waals surface area (Å²) in [6, 6.07) is 2.67. The summed E-state index contributed by atoms with van der Waals surface area (Å²) in [4.78, 5) is 4.13. The molecule has 1 saturated carbocycles. The molecule has 76 valence electrons. The first-order valence-electron chi connectivity index (χ1n) is 4.95. The minimum Gasteiger partial charge on any atom is -0.380 e. The second kappa shape index (κ2) is 3.54.